The number of rotatable bonds is 5. The number of fused-ring (bicyclic) bond motifs is 4. The summed E-state index contributed by atoms with van der Waals surface area (Å²) < 4.78 is 5.37. The number of esters is 1. The van der Waals surface area contributed by atoms with E-state index in [0.717, 1.165) is 32.1 Å². The summed E-state index contributed by atoms with van der Waals surface area (Å²) >= 11 is 0. The van der Waals surface area contributed by atoms with E-state index in [1.807, 2.05) is 0 Å². The topological polar surface area (TPSA) is 46.5 Å². The highest BCUT2D eigenvalue weighted by atomic mass is 16.5. The van der Waals surface area contributed by atoms with Crippen LogP contribution in [0.1, 0.15) is 113 Å². The van der Waals surface area contributed by atoms with Crippen molar-refractivity contribution in [1.29, 1.82) is 0 Å². The van der Waals surface area contributed by atoms with Gasteiger partial charge in [0.2, 0.25) is 0 Å². The molecule has 1 N–H and O–H groups in total. The largest absolute Gasteiger partial charge is 0.469 e. The van der Waals surface area contributed by atoms with Crippen molar-refractivity contribution in [2.24, 2.45) is 39.4 Å². The van der Waals surface area contributed by atoms with Crippen molar-refractivity contribution in [1.82, 2.24) is 0 Å². The number of ether oxygens (including phenoxy) is 1. The molecule has 0 heterocycles. The van der Waals surface area contributed by atoms with E-state index >= 15 is 0 Å². The van der Waals surface area contributed by atoms with Crippen LogP contribution in [0.5, 0.6) is 0 Å². The lowest BCUT2D eigenvalue weighted by atomic mass is 9.43. The van der Waals surface area contributed by atoms with Crippen LogP contribution in [-0.2, 0) is 9.53 Å². The molecule has 0 radical (unpaired) electrons. The summed E-state index contributed by atoms with van der Waals surface area (Å²) in [5.74, 6) is 0.931. The van der Waals surface area contributed by atoms with Crippen molar-refractivity contribution in [3.05, 3.63) is 22.8 Å². The van der Waals surface area contributed by atoms with E-state index in [0.29, 0.717) is 11.8 Å². The second kappa shape index (κ2) is 8.79. The zero-order valence-corrected chi connectivity index (χ0v) is 23.2. The molecule has 4 aliphatic carbocycles. The Morgan fingerprint density at radius 3 is 2.38 bits per heavy atom. The Labute approximate surface area is 208 Å². The Bertz CT molecular complexity index is 877. The molecule has 3 nitrogen and oxygen atoms in total. The molecule has 0 aliphatic heterocycles. The summed E-state index contributed by atoms with van der Waals surface area (Å²) in [4.78, 5) is 13.0. The molecule has 4 rings (SSSR count). The summed E-state index contributed by atoms with van der Waals surface area (Å²) in [6.07, 6.45) is 13.0. The van der Waals surface area contributed by atoms with Gasteiger partial charge < -0.3 is 9.84 Å². The SMILES string of the molecule is COC(=O)[C@@H](CCC=C(C)C)[C@@H]1CC[C@]2(C)C3=C(CC[C@@]12C)[C@@]1(C)CC[C@@H](O)C(C)(C)[C@@H]1CC3. The highest BCUT2D eigenvalue weighted by Gasteiger charge is 2.64. The zero-order chi connectivity index (χ0) is 25.1. The maximum absolute atomic E-state index is 13.0. The first-order valence-electron chi connectivity index (χ1n) is 13.9. The van der Waals surface area contributed by atoms with Crippen LogP contribution in [0.3, 0.4) is 0 Å². The minimum absolute atomic E-state index is 0.00362. The van der Waals surface area contributed by atoms with Gasteiger partial charge in [0, 0.05) is 0 Å². The molecule has 192 valence electrons. The van der Waals surface area contributed by atoms with Gasteiger partial charge in [-0.1, -0.05) is 57.4 Å². The van der Waals surface area contributed by atoms with Gasteiger partial charge in [0.05, 0.1) is 19.1 Å². The Morgan fingerprint density at radius 2 is 1.74 bits per heavy atom. The number of carbonyl (C=O) groups is 1. The van der Waals surface area contributed by atoms with Crippen LogP contribution < -0.4 is 0 Å². The molecule has 7 atom stereocenters. The third-order valence-corrected chi connectivity index (χ3v) is 11.8. The number of hydrogen-bond acceptors (Lipinski definition) is 3. The van der Waals surface area contributed by atoms with E-state index in [2.05, 4.69) is 54.5 Å². The van der Waals surface area contributed by atoms with E-state index in [-0.39, 0.29) is 39.7 Å². The summed E-state index contributed by atoms with van der Waals surface area (Å²) in [6, 6.07) is 0. The first kappa shape index (κ1) is 26.0. The van der Waals surface area contributed by atoms with E-state index in [9.17, 15) is 9.90 Å². The van der Waals surface area contributed by atoms with E-state index in [4.69, 9.17) is 4.74 Å². The number of methoxy groups -OCH3 is 1. The Balaban J connectivity index is 1.70. The molecule has 0 amide bonds. The molecule has 0 saturated heterocycles. The molecule has 0 aromatic rings. The van der Waals surface area contributed by atoms with E-state index in [1.165, 1.54) is 37.7 Å². The zero-order valence-electron chi connectivity index (χ0n) is 23.2. The van der Waals surface area contributed by atoms with Gasteiger partial charge in [0.15, 0.2) is 0 Å². The second-order valence-corrected chi connectivity index (χ2v) is 13.7. The lowest BCUT2D eigenvalue weighted by Crippen LogP contribution is -2.55. The van der Waals surface area contributed by atoms with Gasteiger partial charge >= 0.3 is 5.97 Å². The predicted octanol–water partition coefficient (Wildman–Crippen LogP) is 7.63. The fraction of sp³-hybridized carbons (Fsp3) is 0.839. The van der Waals surface area contributed by atoms with Crippen LogP contribution in [0.15, 0.2) is 22.8 Å². The van der Waals surface area contributed by atoms with Crippen molar-refractivity contribution < 1.29 is 14.6 Å². The molecule has 0 unspecified atom stereocenters. The lowest BCUT2D eigenvalue weighted by Gasteiger charge is -2.62. The molecule has 2 saturated carbocycles. The van der Waals surface area contributed by atoms with Crippen molar-refractivity contribution in [3.8, 4) is 0 Å². The van der Waals surface area contributed by atoms with Crippen molar-refractivity contribution in [3.63, 3.8) is 0 Å². The summed E-state index contributed by atoms with van der Waals surface area (Å²) in [6.45, 7) is 16.5. The second-order valence-electron chi connectivity index (χ2n) is 13.7. The molecule has 34 heavy (non-hydrogen) atoms. The minimum atomic E-state index is -0.186. The van der Waals surface area contributed by atoms with Gasteiger partial charge in [-0.15, -0.1) is 0 Å². The predicted molar refractivity (Wildman–Crippen MR) is 139 cm³/mol. The van der Waals surface area contributed by atoms with Crippen molar-refractivity contribution in [2.75, 3.05) is 7.11 Å². The van der Waals surface area contributed by atoms with Crippen molar-refractivity contribution in [2.45, 2.75) is 119 Å². The Morgan fingerprint density at radius 1 is 1.03 bits per heavy atom. The number of carbonyl (C=O) groups excluding carboxylic acids is 1. The normalized spacial score (nSPS) is 41.7. The quantitative estimate of drug-likeness (QED) is 0.332. The standard InChI is InChI=1S/C31H50O3/c1-20(2)10-9-11-21(27(33)34-8)22-14-18-31(7)24-12-13-25-28(3,4)26(32)16-17-29(25,5)23(24)15-19-30(22,31)6/h10,21-22,25-26,32H,9,11-19H2,1-8H3/t21-,22-,25-,26+,29+,30-,31+/m0/s1. The number of aliphatic hydroxyl groups excluding tert-OH is 1. The third-order valence-electron chi connectivity index (χ3n) is 11.8. The van der Waals surface area contributed by atoms with Gasteiger partial charge in [-0.2, -0.15) is 0 Å². The molecular weight excluding hydrogens is 420 g/mol. The average molecular weight is 471 g/mol. The summed E-state index contributed by atoms with van der Waals surface area (Å²) in [7, 11) is 1.57. The maximum Gasteiger partial charge on any atom is 0.308 e. The molecule has 2 fully saturated rings. The fourth-order valence-corrected chi connectivity index (χ4v) is 9.55. The van der Waals surface area contributed by atoms with Crippen LogP contribution in [0.2, 0.25) is 0 Å². The smallest absolute Gasteiger partial charge is 0.308 e. The van der Waals surface area contributed by atoms with Gasteiger partial charge in [-0.25, -0.2) is 0 Å². The first-order chi connectivity index (χ1) is 15.8. The third kappa shape index (κ3) is 3.66. The monoisotopic (exact) mass is 470 g/mol. The van der Waals surface area contributed by atoms with Crippen LogP contribution in [0.25, 0.3) is 0 Å². The maximum atomic E-state index is 13.0. The minimum Gasteiger partial charge on any atom is -0.469 e. The van der Waals surface area contributed by atoms with Crippen LogP contribution in [-0.4, -0.2) is 24.3 Å². The molecule has 0 spiro atoms. The number of hydrogen-bond donors (Lipinski definition) is 1. The van der Waals surface area contributed by atoms with Crippen LogP contribution in [0, 0.1) is 39.4 Å². The van der Waals surface area contributed by atoms with Gasteiger partial charge in [0.1, 0.15) is 0 Å². The first-order valence-corrected chi connectivity index (χ1v) is 13.9. The van der Waals surface area contributed by atoms with Crippen LogP contribution >= 0.6 is 0 Å². The molecule has 0 aromatic carbocycles. The molecule has 0 aromatic heterocycles. The highest BCUT2D eigenvalue weighted by molar-refractivity contribution is 5.73. The number of aliphatic hydroxyl groups is 1. The molecular formula is C31H50O3. The summed E-state index contributed by atoms with van der Waals surface area (Å²) in [5, 5.41) is 10.8. The Kier molecular flexibility index (Phi) is 6.71. The fourth-order valence-electron chi connectivity index (χ4n) is 9.55. The van der Waals surface area contributed by atoms with E-state index < -0.39 is 0 Å². The molecule has 0 bridgehead atoms. The Hall–Kier alpha value is -1.09. The van der Waals surface area contributed by atoms with E-state index in [1.54, 1.807) is 18.3 Å². The average Bonchev–Trinajstić information content (AvgIpc) is 3.05. The number of allylic oxidation sites excluding steroid dienone is 4. The molecule has 4 aliphatic rings. The van der Waals surface area contributed by atoms with Gasteiger partial charge in [-0.05, 0) is 112 Å². The lowest BCUT2D eigenvalue weighted by molar-refractivity contribution is -0.150. The summed E-state index contributed by atoms with van der Waals surface area (Å²) in [5.41, 5.74) is 5.30. The highest BCUT2D eigenvalue weighted by Crippen LogP contribution is 2.72. The van der Waals surface area contributed by atoms with Crippen molar-refractivity contribution >= 4 is 5.97 Å². The molecule has 3 heteroatoms. The van der Waals surface area contributed by atoms with Gasteiger partial charge in [-0.3, -0.25) is 4.79 Å². The van der Waals surface area contributed by atoms with Crippen LogP contribution in [0.4, 0.5) is 0 Å². The van der Waals surface area contributed by atoms with Gasteiger partial charge in [0.25, 0.3) is 0 Å².